The van der Waals surface area contributed by atoms with Gasteiger partial charge in [0.1, 0.15) is 11.5 Å². The van der Waals surface area contributed by atoms with Crippen LogP contribution in [0.4, 0.5) is 15.8 Å². The second kappa shape index (κ2) is 5.71. The van der Waals surface area contributed by atoms with Crippen LogP contribution in [-0.2, 0) is 4.74 Å². The summed E-state index contributed by atoms with van der Waals surface area (Å²) in [6, 6.07) is 2.17. The predicted octanol–water partition coefficient (Wildman–Crippen LogP) is 3.37. The Morgan fingerprint density at radius 1 is 1.53 bits per heavy atom. The van der Waals surface area contributed by atoms with Crippen molar-refractivity contribution in [3.8, 4) is 0 Å². The molecule has 1 N–H and O–H groups in total. The molecule has 7 heteroatoms. The number of hydrogen-bond donors (Lipinski definition) is 1. The van der Waals surface area contributed by atoms with Gasteiger partial charge >= 0.3 is 0 Å². The fourth-order valence-corrected chi connectivity index (χ4v) is 2.47. The summed E-state index contributed by atoms with van der Waals surface area (Å²) in [6.07, 6.45) is 2.68. The van der Waals surface area contributed by atoms with Crippen LogP contribution in [0.25, 0.3) is 0 Å². The lowest BCUT2D eigenvalue weighted by Crippen LogP contribution is -2.18. The Morgan fingerprint density at radius 2 is 2.26 bits per heavy atom. The molecule has 0 amide bonds. The molecule has 0 radical (unpaired) electrons. The zero-order valence-electron chi connectivity index (χ0n) is 10.4. The average Bonchev–Trinajstić information content (AvgIpc) is 2.81. The first-order valence-corrected chi connectivity index (χ1v) is 6.32. The van der Waals surface area contributed by atoms with Crippen molar-refractivity contribution >= 4 is 23.0 Å². The zero-order valence-corrected chi connectivity index (χ0v) is 11.1. The smallest absolute Gasteiger partial charge is 0.295 e. The first-order valence-electron chi connectivity index (χ1n) is 5.94. The van der Waals surface area contributed by atoms with Gasteiger partial charge in [0, 0.05) is 13.2 Å². The summed E-state index contributed by atoms with van der Waals surface area (Å²) in [5, 5.41) is 13.8. The van der Waals surface area contributed by atoms with Gasteiger partial charge in [-0.15, -0.1) is 0 Å². The number of nitro groups is 1. The Balaban J connectivity index is 2.20. The van der Waals surface area contributed by atoms with E-state index in [1.54, 1.807) is 7.11 Å². The first-order chi connectivity index (χ1) is 9.01. The van der Waals surface area contributed by atoms with Gasteiger partial charge in [0.2, 0.25) is 0 Å². The summed E-state index contributed by atoms with van der Waals surface area (Å²) in [4.78, 5) is 10.3. The Hall–Kier alpha value is -1.40. The molecule has 1 fully saturated rings. The maximum atomic E-state index is 13.3. The molecule has 1 aromatic carbocycles. The molecule has 19 heavy (non-hydrogen) atoms. The maximum Gasteiger partial charge on any atom is 0.295 e. The molecule has 1 aliphatic carbocycles. The highest BCUT2D eigenvalue weighted by molar-refractivity contribution is 6.31. The van der Waals surface area contributed by atoms with E-state index in [2.05, 4.69) is 5.32 Å². The molecule has 0 aliphatic heterocycles. The lowest BCUT2D eigenvalue weighted by atomic mass is 10.2. The van der Waals surface area contributed by atoms with Crippen molar-refractivity contribution < 1.29 is 14.1 Å². The van der Waals surface area contributed by atoms with E-state index in [1.807, 2.05) is 0 Å². The van der Waals surface area contributed by atoms with E-state index in [-0.39, 0.29) is 28.5 Å². The molecule has 2 unspecified atom stereocenters. The summed E-state index contributed by atoms with van der Waals surface area (Å²) in [7, 11) is 1.64. The molecular weight excluding hydrogens is 275 g/mol. The van der Waals surface area contributed by atoms with Crippen molar-refractivity contribution in [1.29, 1.82) is 0 Å². The number of hydrogen-bond acceptors (Lipinski definition) is 4. The topological polar surface area (TPSA) is 64.4 Å². The molecule has 2 rings (SSSR count). The second-order valence-corrected chi connectivity index (χ2v) is 4.96. The minimum absolute atomic E-state index is 0.0742. The van der Waals surface area contributed by atoms with Gasteiger partial charge in [0.05, 0.1) is 22.1 Å². The van der Waals surface area contributed by atoms with E-state index in [4.69, 9.17) is 16.3 Å². The molecule has 1 saturated carbocycles. The van der Waals surface area contributed by atoms with Crippen molar-refractivity contribution in [2.75, 3.05) is 12.4 Å². The number of nitro benzene ring substituents is 1. The highest BCUT2D eigenvalue weighted by Gasteiger charge is 2.27. The zero-order chi connectivity index (χ0) is 14.0. The molecule has 1 aromatic rings. The molecule has 0 bridgehead atoms. The molecule has 0 heterocycles. The van der Waals surface area contributed by atoms with Gasteiger partial charge in [-0.2, -0.15) is 0 Å². The van der Waals surface area contributed by atoms with Crippen LogP contribution in [0.5, 0.6) is 0 Å². The number of rotatable bonds is 4. The van der Waals surface area contributed by atoms with Crippen LogP contribution >= 0.6 is 11.6 Å². The number of benzene rings is 1. The number of halogens is 2. The van der Waals surface area contributed by atoms with Crippen molar-refractivity contribution in [2.45, 2.75) is 31.4 Å². The summed E-state index contributed by atoms with van der Waals surface area (Å²) >= 11 is 5.67. The normalized spacial score (nSPS) is 22.5. The molecular formula is C12H14ClFN2O3. The monoisotopic (exact) mass is 288 g/mol. The summed E-state index contributed by atoms with van der Waals surface area (Å²) in [6.45, 7) is 0. The highest BCUT2D eigenvalue weighted by Crippen LogP contribution is 2.33. The molecule has 0 spiro atoms. The molecule has 0 aromatic heterocycles. The lowest BCUT2D eigenvalue weighted by molar-refractivity contribution is -0.384. The molecule has 1 aliphatic rings. The Bertz CT molecular complexity index is 498. The van der Waals surface area contributed by atoms with E-state index in [9.17, 15) is 14.5 Å². The quantitative estimate of drug-likeness (QED) is 0.681. The fourth-order valence-electron chi connectivity index (χ4n) is 2.31. The Morgan fingerprint density at radius 3 is 2.84 bits per heavy atom. The van der Waals surface area contributed by atoms with Gasteiger partial charge in [0.25, 0.3) is 5.69 Å². The third-order valence-electron chi connectivity index (χ3n) is 3.31. The van der Waals surface area contributed by atoms with Gasteiger partial charge < -0.3 is 10.1 Å². The van der Waals surface area contributed by atoms with E-state index >= 15 is 0 Å². The van der Waals surface area contributed by atoms with Crippen molar-refractivity contribution in [2.24, 2.45) is 0 Å². The van der Waals surface area contributed by atoms with E-state index in [0.29, 0.717) is 0 Å². The van der Waals surface area contributed by atoms with E-state index in [0.717, 1.165) is 25.3 Å². The molecule has 0 saturated heterocycles. The second-order valence-electron chi connectivity index (χ2n) is 4.55. The van der Waals surface area contributed by atoms with Crippen LogP contribution in [0.2, 0.25) is 5.02 Å². The number of anilines is 1. The summed E-state index contributed by atoms with van der Waals surface area (Å²) in [5.74, 6) is -0.792. The van der Waals surface area contributed by atoms with E-state index < -0.39 is 10.7 Å². The Kier molecular flexibility index (Phi) is 4.21. The lowest BCUT2D eigenvalue weighted by Gasteiger charge is -2.14. The summed E-state index contributed by atoms with van der Waals surface area (Å²) < 4.78 is 18.5. The molecule has 2 atom stereocenters. The van der Waals surface area contributed by atoms with Gasteiger partial charge in [-0.25, -0.2) is 4.39 Å². The molecule has 104 valence electrons. The molecule has 5 nitrogen and oxygen atoms in total. The van der Waals surface area contributed by atoms with Crippen LogP contribution in [0.15, 0.2) is 12.1 Å². The van der Waals surface area contributed by atoms with Gasteiger partial charge in [-0.3, -0.25) is 10.1 Å². The Labute approximate surface area is 114 Å². The maximum absolute atomic E-state index is 13.3. The van der Waals surface area contributed by atoms with Crippen molar-refractivity contribution in [3.05, 3.63) is 33.1 Å². The number of methoxy groups -OCH3 is 1. The third kappa shape index (κ3) is 3.13. The van der Waals surface area contributed by atoms with Crippen LogP contribution in [-0.4, -0.2) is 24.2 Å². The van der Waals surface area contributed by atoms with Gasteiger partial charge in [-0.05, 0) is 25.3 Å². The standard InChI is InChI=1S/C12H14ClFN2O3/c1-19-8-3-2-7(4-8)15-11-5-9(13)10(14)6-12(11)16(17)18/h5-8,15H,2-4H2,1H3. The number of ether oxygens (including phenoxy) is 1. The first kappa shape index (κ1) is 14.0. The minimum Gasteiger partial charge on any atom is -0.381 e. The fraction of sp³-hybridized carbons (Fsp3) is 0.500. The van der Waals surface area contributed by atoms with Gasteiger partial charge in [-0.1, -0.05) is 11.6 Å². The van der Waals surface area contributed by atoms with Crippen molar-refractivity contribution in [1.82, 2.24) is 0 Å². The minimum atomic E-state index is -0.792. The van der Waals surface area contributed by atoms with Crippen molar-refractivity contribution in [3.63, 3.8) is 0 Å². The SMILES string of the molecule is COC1CCC(Nc2cc(Cl)c(F)cc2[N+](=O)[O-])C1. The van der Waals surface area contributed by atoms with Crippen LogP contribution in [0.3, 0.4) is 0 Å². The van der Waals surface area contributed by atoms with Crippen LogP contribution < -0.4 is 5.32 Å². The third-order valence-corrected chi connectivity index (χ3v) is 3.60. The van der Waals surface area contributed by atoms with Gasteiger partial charge in [0.15, 0.2) is 0 Å². The predicted molar refractivity (Wildman–Crippen MR) is 70.1 cm³/mol. The van der Waals surface area contributed by atoms with Crippen LogP contribution in [0, 0.1) is 15.9 Å². The van der Waals surface area contributed by atoms with E-state index in [1.165, 1.54) is 6.07 Å². The highest BCUT2D eigenvalue weighted by atomic mass is 35.5. The number of nitrogens with one attached hydrogen (secondary N) is 1. The largest absolute Gasteiger partial charge is 0.381 e. The summed E-state index contributed by atoms with van der Waals surface area (Å²) in [5.41, 5.74) is -0.0547. The van der Waals surface area contributed by atoms with Crippen LogP contribution in [0.1, 0.15) is 19.3 Å². The number of nitrogens with zero attached hydrogens (tertiary/aromatic N) is 1. The average molecular weight is 289 g/mol.